The second kappa shape index (κ2) is 12.0. The van der Waals surface area contributed by atoms with Crippen molar-refractivity contribution >= 4 is 17.4 Å². The average Bonchev–Trinajstić information content (AvgIpc) is 3.40. The number of anilines is 1. The number of imidazole rings is 1. The summed E-state index contributed by atoms with van der Waals surface area (Å²) in [5, 5.41) is 21.4. The number of carboxylic acids is 1. The average molecular weight is 527 g/mol. The van der Waals surface area contributed by atoms with Gasteiger partial charge in [0, 0.05) is 12.6 Å². The monoisotopic (exact) mass is 526 g/mol. The molecule has 0 aliphatic carbocycles. The Bertz CT molecular complexity index is 1320. The first-order chi connectivity index (χ1) is 18.9. The maximum atomic E-state index is 11.6. The van der Waals surface area contributed by atoms with E-state index in [1.165, 1.54) is 11.1 Å². The predicted octanol–water partition coefficient (Wildman–Crippen LogP) is 4.74. The zero-order valence-corrected chi connectivity index (χ0v) is 22.8. The molecule has 1 aliphatic heterocycles. The first kappa shape index (κ1) is 26.8. The Kier molecular flexibility index (Phi) is 8.24. The Hall–Kier alpha value is -3.75. The molecule has 0 spiro atoms. The van der Waals surface area contributed by atoms with E-state index in [-0.39, 0.29) is 6.04 Å². The molecule has 0 amide bonds. The molecule has 0 radical (unpaired) electrons. The van der Waals surface area contributed by atoms with Crippen molar-refractivity contribution in [3.8, 4) is 0 Å². The smallest absolute Gasteiger partial charge is 0.315 e. The molecule has 1 fully saturated rings. The molecule has 4 aromatic rings. The third kappa shape index (κ3) is 6.46. The van der Waals surface area contributed by atoms with E-state index < -0.39 is 11.4 Å². The lowest BCUT2D eigenvalue weighted by Gasteiger charge is -2.35. The Morgan fingerprint density at radius 1 is 1.00 bits per heavy atom. The van der Waals surface area contributed by atoms with Crippen molar-refractivity contribution in [2.75, 3.05) is 31.5 Å². The Morgan fingerprint density at radius 3 is 2.26 bits per heavy atom. The first-order valence-corrected chi connectivity index (χ1v) is 13.8. The summed E-state index contributed by atoms with van der Waals surface area (Å²) < 4.78 is 1.65. The number of benzene rings is 2. The maximum absolute atomic E-state index is 11.6. The minimum Gasteiger partial charge on any atom is -0.481 e. The Labute approximate surface area is 230 Å². The Morgan fingerprint density at radius 2 is 1.64 bits per heavy atom. The van der Waals surface area contributed by atoms with Crippen LogP contribution in [0.5, 0.6) is 0 Å². The number of likely N-dealkylation sites (tertiary alicyclic amines) is 1. The van der Waals surface area contributed by atoms with E-state index in [1.54, 1.807) is 24.6 Å². The lowest BCUT2D eigenvalue weighted by Crippen LogP contribution is -2.44. The van der Waals surface area contributed by atoms with E-state index in [0.29, 0.717) is 17.4 Å². The molecule has 0 unspecified atom stereocenters. The maximum Gasteiger partial charge on any atom is 0.315 e. The van der Waals surface area contributed by atoms with E-state index in [9.17, 15) is 9.90 Å². The molecule has 3 heterocycles. The van der Waals surface area contributed by atoms with Crippen LogP contribution in [0.4, 0.5) is 5.82 Å². The minimum atomic E-state index is -1.06. The molecule has 1 aliphatic rings. The van der Waals surface area contributed by atoms with Crippen molar-refractivity contribution in [1.82, 2.24) is 24.8 Å². The number of nitrogens with one attached hydrogen (secondary N) is 2. The molecular weight excluding hydrogens is 488 g/mol. The highest BCUT2D eigenvalue weighted by molar-refractivity contribution is 5.79. The molecule has 0 saturated carbocycles. The Balaban J connectivity index is 1.08. The van der Waals surface area contributed by atoms with E-state index in [1.807, 2.05) is 12.1 Å². The lowest BCUT2D eigenvalue weighted by molar-refractivity contribution is -0.142. The van der Waals surface area contributed by atoms with Gasteiger partial charge in [-0.1, -0.05) is 60.7 Å². The number of carboxylic acid groups (broad SMARTS) is 1. The quantitative estimate of drug-likeness (QED) is 0.243. The summed E-state index contributed by atoms with van der Waals surface area (Å²) in [6, 6.07) is 25.9. The molecule has 8 heteroatoms. The molecule has 2 aromatic carbocycles. The topological polar surface area (TPSA) is 94.8 Å². The van der Waals surface area contributed by atoms with Crippen molar-refractivity contribution in [2.45, 2.75) is 50.6 Å². The molecular formula is C31H38N6O2. The molecule has 3 N–H and O–H groups in total. The number of fused-ring (bicyclic) bond motifs is 1. The highest BCUT2D eigenvalue weighted by atomic mass is 16.4. The SMILES string of the molecule is CC(C)(C(=O)O)c1cn2nc(NCCCN3CCC(NC(c4ccccc4)c4ccccc4)CC3)ccc2n1. The summed E-state index contributed by atoms with van der Waals surface area (Å²) >= 11 is 0. The second-order valence-corrected chi connectivity index (χ2v) is 10.9. The normalized spacial score (nSPS) is 15.2. The van der Waals surface area contributed by atoms with Gasteiger partial charge in [-0.2, -0.15) is 0 Å². The number of piperidine rings is 1. The van der Waals surface area contributed by atoms with Crippen LogP contribution in [0.15, 0.2) is 79.0 Å². The van der Waals surface area contributed by atoms with Crippen LogP contribution in [-0.2, 0) is 10.2 Å². The van der Waals surface area contributed by atoms with Crippen LogP contribution in [0.2, 0.25) is 0 Å². The molecule has 5 rings (SSSR count). The van der Waals surface area contributed by atoms with Crippen LogP contribution in [0.3, 0.4) is 0 Å². The number of hydrogen-bond donors (Lipinski definition) is 3. The molecule has 2 aromatic heterocycles. The van der Waals surface area contributed by atoms with Gasteiger partial charge in [0.2, 0.25) is 0 Å². The van der Waals surface area contributed by atoms with Crippen LogP contribution in [-0.4, -0.2) is 62.8 Å². The summed E-state index contributed by atoms with van der Waals surface area (Å²) in [5.74, 6) is -0.147. The fourth-order valence-electron chi connectivity index (χ4n) is 5.14. The van der Waals surface area contributed by atoms with Gasteiger partial charge in [0.1, 0.15) is 11.2 Å². The van der Waals surface area contributed by atoms with Crippen LogP contribution < -0.4 is 10.6 Å². The summed E-state index contributed by atoms with van der Waals surface area (Å²) in [6.07, 6.45) is 5.00. The zero-order chi connectivity index (χ0) is 27.2. The zero-order valence-electron chi connectivity index (χ0n) is 22.8. The van der Waals surface area contributed by atoms with Crippen molar-refractivity contribution in [3.63, 3.8) is 0 Å². The summed E-state index contributed by atoms with van der Waals surface area (Å²) in [7, 11) is 0. The molecule has 0 bridgehead atoms. The molecule has 204 valence electrons. The van der Waals surface area contributed by atoms with Crippen molar-refractivity contribution < 1.29 is 9.90 Å². The van der Waals surface area contributed by atoms with Gasteiger partial charge in [0.25, 0.3) is 0 Å². The minimum absolute atomic E-state index is 0.208. The van der Waals surface area contributed by atoms with Crippen LogP contribution in [0, 0.1) is 0 Å². The van der Waals surface area contributed by atoms with Gasteiger partial charge in [-0.05, 0) is 76.0 Å². The fraction of sp³-hybridized carbons (Fsp3) is 0.387. The molecule has 8 nitrogen and oxygen atoms in total. The van der Waals surface area contributed by atoms with Crippen LogP contribution >= 0.6 is 0 Å². The van der Waals surface area contributed by atoms with Gasteiger partial charge in [0.05, 0.1) is 17.9 Å². The van der Waals surface area contributed by atoms with Gasteiger partial charge in [-0.3, -0.25) is 4.79 Å². The van der Waals surface area contributed by atoms with E-state index >= 15 is 0 Å². The van der Waals surface area contributed by atoms with E-state index in [0.717, 1.165) is 51.3 Å². The van der Waals surface area contributed by atoms with Crippen LogP contribution in [0.25, 0.3) is 5.65 Å². The molecule has 1 saturated heterocycles. The number of carbonyl (C=O) groups is 1. The highest BCUT2D eigenvalue weighted by Gasteiger charge is 2.32. The van der Waals surface area contributed by atoms with E-state index in [2.05, 4.69) is 86.3 Å². The van der Waals surface area contributed by atoms with Gasteiger partial charge in [-0.25, -0.2) is 9.50 Å². The van der Waals surface area contributed by atoms with Crippen molar-refractivity contribution in [3.05, 3.63) is 95.8 Å². The number of nitrogens with zero attached hydrogens (tertiary/aromatic N) is 4. The lowest BCUT2D eigenvalue weighted by atomic mass is 9.90. The van der Waals surface area contributed by atoms with Crippen molar-refractivity contribution in [1.29, 1.82) is 0 Å². The second-order valence-electron chi connectivity index (χ2n) is 10.9. The molecule has 39 heavy (non-hydrogen) atoms. The number of aromatic nitrogens is 3. The van der Waals surface area contributed by atoms with Gasteiger partial charge < -0.3 is 20.6 Å². The third-order valence-electron chi connectivity index (χ3n) is 7.71. The summed E-state index contributed by atoms with van der Waals surface area (Å²) in [5.41, 5.74) is 2.69. The number of aliphatic carboxylic acids is 1. The fourth-order valence-corrected chi connectivity index (χ4v) is 5.14. The van der Waals surface area contributed by atoms with Gasteiger partial charge in [0.15, 0.2) is 5.65 Å². The highest BCUT2D eigenvalue weighted by Crippen LogP contribution is 2.25. The largest absolute Gasteiger partial charge is 0.481 e. The number of rotatable bonds is 11. The van der Waals surface area contributed by atoms with E-state index in [4.69, 9.17) is 0 Å². The summed E-state index contributed by atoms with van der Waals surface area (Å²) in [4.78, 5) is 18.6. The third-order valence-corrected chi connectivity index (χ3v) is 7.71. The van der Waals surface area contributed by atoms with Gasteiger partial charge >= 0.3 is 5.97 Å². The summed E-state index contributed by atoms with van der Waals surface area (Å²) in [6.45, 7) is 7.36. The predicted molar refractivity (Wildman–Crippen MR) is 154 cm³/mol. The van der Waals surface area contributed by atoms with Crippen LogP contribution in [0.1, 0.15) is 56.0 Å². The van der Waals surface area contributed by atoms with Gasteiger partial charge in [-0.15, -0.1) is 5.10 Å². The standard InChI is InChI=1S/C31H38N6O2/c1-31(2,30(38)39)26-22-37-28(34-26)15-14-27(35-37)32-18-9-19-36-20-16-25(17-21-36)33-29(23-10-5-3-6-11-23)24-12-7-4-8-13-24/h3-8,10-15,22,25,29,33H,9,16-21H2,1-2H3,(H,32,35)(H,38,39). The first-order valence-electron chi connectivity index (χ1n) is 13.8. The number of hydrogen-bond acceptors (Lipinski definition) is 6. The molecule has 0 atom stereocenters. The van der Waals surface area contributed by atoms with Crippen molar-refractivity contribution in [2.24, 2.45) is 0 Å².